The van der Waals surface area contributed by atoms with Crippen molar-refractivity contribution in [3.63, 3.8) is 0 Å². The zero-order valence-corrected chi connectivity index (χ0v) is 16.4. The fraction of sp³-hybridized carbons (Fsp3) is 0.0870. The Kier molecular flexibility index (Phi) is 5.12. The molecule has 0 aliphatic carbocycles. The van der Waals surface area contributed by atoms with Gasteiger partial charge in [-0.1, -0.05) is 24.3 Å². The lowest BCUT2D eigenvalue weighted by Crippen LogP contribution is -2.30. The minimum Gasteiger partial charge on any atom is -0.478 e. The number of halogens is 1. The van der Waals surface area contributed by atoms with Crippen molar-refractivity contribution in [1.82, 2.24) is 10.2 Å². The molecule has 2 aromatic carbocycles. The number of carbonyl (C=O) groups excluding carboxylic acids is 2. The summed E-state index contributed by atoms with van der Waals surface area (Å²) in [6.07, 6.45) is 1.38. The summed E-state index contributed by atoms with van der Waals surface area (Å²) in [5.74, 6) is -1.44. The number of aromatic carboxylic acids is 1. The van der Waals surface area contributed by atoms with E-state index < -0.39 is 23.7 Å². The van der Waals surface area contributed by atoms with Crippen LogP contribution in [0.3, 0.4) is 0 Å². The lowest BCUT2D eigenvalue weighted by Gasteiger charge is -2.12. The number of aryl methyl sites for hydroxylation is 1. The Morgan fingerprint density at radius 3 is 2.68 bits per heavy atom. The van der Waals surface area contributed by atoms with Gasteiger partial charge in [0.1, 0.15) is 23.0 Å². The average Bonchev–Trinajstić information content (AvgIpc) is 3.30. The Hall–Kier alpha value is -4.20. The lowest BCUT2D eigenvalue weighted by molar-refractivity contribution is -0.123. The number of nitrogens with one attached hydrogen (secondary N) is 1. The maximum absolute atomic E-state index is 13.9. The number of urea groups is 1. The summed E-state index contributed by atoms with van der Waals surface area (Å²) < 4.78 is 19.6. The molecule has 3 aromatic rings. The molecular formula is C23H17FN2O5. The number of imide groups is 1. The van der Waals surface area contributed by atoms with E-state index in [9.17, 15) is 23.9 Å². The second-order valence-corrected chi connectivity index (χ2v) is 7.01. The van der Waals surface area contributed by atoms with Crippen molar-refractivity contribution in [2.24, 2.45) is 0 Å². The van der Waals surface area contributed by atoms with E-state index in [0.29, 0.717) is 17.1 Å². The number of amides is 3. The fourth-order valence-corrected chi connectivity index (χ4v) is 3.25. The van der Waals surface area contributed by atoms with Crippen LogP contribution < -0.4 is 5.32 Å². The zero-order chi connectivity index (χ0) is 22.1. The molecule has 0 radical (unpaired) electrons. The van der Waals surface area contributed by atoms with Gasteiger partial charge in [-0.3, -0.25) is 9.69 Å². The molecule has 0 atom stereocenters. The van der Waals surface area contributed by atoms with E-state index in [4.69, 9.17) is 4.42 Å². The summed E-state index contributed by atoms with van der Waals surface area (Å²) in [5, 5.41) is 11.7. The largest absolute Gasteiger partial charge is 0.478 e. The first kappa shape index (κ1) is 20.1. The second-order valence-electron chi connectivity index (χ2n) is 7.01. The number of carboxylic acid groups (broad SMARTS) is 1. The topological polar surface area (TPSA) is 99.9 Å². The molecule has 3 amide bonds. The molecular weight excluding hydrogens is 403 g/mol. The number of hydrogen-bond donors (Lipinski definition) is 2. The molecule has 0 saturated carbocycles. The minimum atomic E-state index is -1.05. The predicted octanol–water partition coefficient (Wildman–Crippen LogP) is 4.19. The number of nitrogens with zero attached hydrogens (tertiary/aromatic N) is 1. The molecule has 1 aliphatic heterocycles. The summed E-state index contributed by atoms with van der Waals surface area (Å²) in [4.78, 5) is 37.0. The SMILES string of the molecule is Cc1ccc(C(=O)O)cc1-c1ccc(C=C2NC(=O)N(Cc3ccccc3F)C2=O)o1. The van der Waals surface area contributed by atoms with Gasteiger partial charge in [0.2, 0.25) is 0 Å². The van der Waals surface area contributed by atoms with Crippen LogP contribution in [-0.4, -0.2) is 27.9 Å². The monoisotopic (exact) mass is 420 g/mol. The van der Waals surface area contributed by atoms with Crippen molar-refractivity contribution >= 4 is 24.0 Å². The second kappa shape index (κ2) is 7.91. The molecule has 1 saturated heterocycles. The van der Waals surface area contributed by atoms with Gasteiger partial charge < -0.3 is 14.8 Å². The highest BCUT2D eigenvalue weighted by Crippen LogP contribution is 2.28. The van der Waals surface area contributed by atoms with Gasteiger partial charge in [0.15, 0.2) is 0 Å². The minimum absolute atomic E-state index is 0.00162. The van der Waals surface area contributed by atoms with Crippen LogP contribution in [0.1, 0.15) is 27.2 Å². The molecule has 0 unspecified atom stereocenters. The molecule has 156 valence electrons. The highest BCUT2D eigenvalue weighted by Gasteiger charge is 2.34. The van der Waals surface area contributed by atoms with E-state index in [2.05, 4.69) is 5.32 Å². The first-order valence-electron chi connectivity index (χ1n) is 9.35. The van der Waals surface area contributed by atoms with Gasteiger partial charge in [0, 0.05) is 17.2 Å². The van der Waals surface area contributed by atoms with E-state index in [-0.39, 0.29) is 23.4 Å². The molecule has 1 aliphatic rings. The third-order valence-electron chi connectivity index (χ3n) is 4.91. The molecule has 2 N–H and O–H groups in total. The van der Waals surface area contributed by atoms with Crippen LogP contribution in [0, 0.1) is 12.7 Å². The summed E-state index contributed by atoms with van der Waals surface area (Å²) >= 11 is 0. The van der Waals surface area contributed by atoms with Crippen LogP contribution in [0.25, 0.3) is 17.4 Å². The molecule has 1 aromatic heterocycles. The van der Waals surface area contributed by atoms with Crippen molar-refractivity contribution in [3.05, 3.63) is 88.6 Å². The summed E-state index contributed by atoms with van der Waals surface area (Å²) in [6.45, 7) is 1.63. The lowest BCUT2D eigenvalue weighted by atomic mass is 10.0. The van der Waals surface area contributed by atoms with Gasteiger partial charge in [-0.25, -0.2) is 14.0 Å². The molecule has 8 heteroatoms. The molecule has 31 heavy (non-hydrogen) atoms. The standard InChI is InChI=1S/C23H17FN2O5/c1-13-6-7-14(22(28)29)10-17(13)20-9-8-16(31-20)11-19-21(27)26(23(30)25-19)12-15-4-2-3-5-18(15)24/h2-11H,12H2,1H3,(H,25,30)(H,28,29). The highest BCUT2D eigenvalue weighted by molar-refractivity contribution is 6.13. The Labute approximate surface area is 176 Å². The van der Waals surface area contributed by atoms with Gasteiger partial charge >= 0.3 is 12.0 Å². The van der Waals surface area contributed by atoms with Gasteiger partial charge in [-0.2, -0.15) is 0 Å². The third kappa shape index (κ3) is 3.95. The number of benzene rings is 2. The molecule has 0 bridgehead atoms. The summed E-state index contributed by atoms with van der Waals surface area (Å²) in [6, 6.07) is 13.2. The van der Waals surface area contributed by atoms with Crippen LogP contribution in [0.15, 0.2) is 64.7 Å². The Morgan fingerprint density at radius 1 is 1.16 bits per heavy atom. The summed E-state index contributed by atoms with van der Waals surface area (Å²) in [7, 11) is 0. The quantitative estimate of drug-likeness (QED) is 0.476. The zero-order valence-electron chi connectivity index (χ0n) is 16.4. The average molecular weight is 420 g/mol. The van der Waals surface area contributed by atoms with Gasteiger partial charge in [-0.15, -0.1) is 0 Å². The first-order valence-corrected chi connectivity index (χ1v) is 9.35. The third-order valence-corrected chi connectivity index (χ3v) is 4.91. The molecule has 4 rings (SSSR count). The van der Waals surface area contributed by atoms with Gasteiger partial charge in [0.25, 0.3) is 5.91 Å². The van der Waals surface area contributed by atoms with Crippen LogP contribution in [0.5, 0.6) is 0 Å². The van der Waals surface area contributed by atoms with Crippen molar-refractivity contribution < 1.29 is 28.3 Å². The van der Waals surface area contributed by atoms with Crippen molar-refractivity contribution in [2.45, 2.75) is 13.5 Å². The molecule has 7 nitrogen and oxygen atoms in total. The number of furan rings is 1. The molecule has 0 spiro atoms. The number of hydrogen-bond acceptors (Lipinski definition) is 4. The number of carboxylic acids is 1. The maximum Gasteiger partial charge on any atom is 0.335 e. The van der Waals surface area contributed by atoms with Crippen molar-refractivity contribution in [1.29, 1.82) is 0 Å². The Morgan fingerprint density at radius 2 is 1.94 bits per heavy atom. The van der Waals surface area contributed by atoms with E-state index in [1.54, 1.807) is 24.3 Å². The van der Waals surface area contributed by atoms with E-state index in [1.165, 1.54) is 36.4 Å². The van der Waals surface area contributed by atoms with Crippen LogP contribution in [-0.2, 0) is 11.3 Å². The first-order chi connectivity index (χ1) is 14.8. The van der Waals surface area contributed by atoms with Crippen molar-refractivity contribution in [2.75, 3.05) is 0 Å². The normalized spacial score (nSPS) is 14.9. The maximum atomic E-state index is 13.9. The number of carbonyl (C=O) groups is 3. The fourth-order valence-electron chi connectivity index (χ4n) is 3.25. The molecule has 1 fully saturated rings. The summed E-state index contributed by atoms with van der Waals surface area (Å²) in [5.41, 5.74) is 1.77. The van der Waals surface area contributed by atoms with E-state index >= 15 is 0 Å². The van der Waals surface area contributed by atoms with Gasteiger partial charge in [0.05, 0.1) is 12.1 Å². The smallest absolute Gasteiger partial charge is 0.335 e. The van der Waals surface area contributed by atoms with Gasteiger partial charge in [-0.05, 0) is 42.8 Å². The van der Waals surface area contributed by atoms with Crippen LogP contribution in [0.2, 0.25) is 0 Å². The van der Waals surface area contributed by atoms with E-state index in [1.807, 2.05) is 6.92 Å². The highest BCUT2D eigenvalue weighted by atomic mass is 19.1. The Balaban J connectivity index is 1.58. The van der Waals surface area contributed by atoms with Crippen molar-refractivity contribution in [3.8, 4) is 11.3 Å². The number of rotatable bonds is 5. The predicted molar refractivity (Wildman–Crippen MR) is 109 cm³/mol. The molecule has 2 heterocycles. The van der Waals surface area contributed by atoms with Crippen LogP contribution in [0.4, 0.5) is 9.18 Å². The van der Waals surface area contributed by atoms with E-state index in [0.717, 1.165) is 10.5 Å². The Bertz CT molecular complexity index is 1240. The van der Waals surface area contributed by atoms with Crippen LogP contribution >= 0.6 is 0 Å².